The molecule has 0 bridgehead atoms. The second kappa shape index (κ2) is 10.2. The first-order valence-corrected chi connectivity index (χ1v) is 10.5. The molecule has 2 aromatic rings. The Labute approximate surface area is 191 Å². The van der Waals surface area contributed by atoms with Gasteiger partial charge in [0, 0.05) is 12.7 Å². The summed E-state index contributed by atoms with van der Waals surface area (Å²) in [6.07, 6.45) is 0.882. The highest BCUT2D eigenvalue weighted by molar-refractivity contribution is 6.21. The molecule has 0 aromatic heterocycles. The standard InChI is InChI=1S/C24H26N2O7/c1-14(2)9-10-32-19-8-5-15(11-20(19)31-4)24(30)33-13-21(27)25-16-6-7-17-18(12-16)23(29)26(3)22(17)28/h5-8,11-12,14H,9-10,13H2,1-4H3,(H,25,27). The first-order valence-electron chi connectivity index (χ1n) is 10.5. The molecule has 1 N–H and O–H groups in total. The molecular weight excluding hydrogens is 428 g/mol. The molecule has 1 aliphatic rings. The van der Waals surface area contributed by atoms with E-state index in [1.165, 1.54) is 44.5 Å². The Morgan fingerprint density at radius 3 is 2.42 bits per heavy atom. The van der Waals surface area contributed by atoms with Gasteiger partial charge in [-0.2, -0.15) is 0 Å². The maximum Gasteiger partial charge on any atom is 0.338 e. The zero-order valence-corrected chi connectivity index (χ0v) is 19.0. The molecule has 1 heterocycles. The highest BCUT2D eigenvalue weighted by Crippen LogP contribution is 2.29. The van der Waals surface area contributed by atoms with Crippen LogP contribution in [0.4, 0.5) is 5.69 Å². The van der Waals surface area contributed by atoms with Crippen LogP contribution in [0.5, 0.6) is 11.5 Å². The molecule has 0 saturated carbocycles. The number of carbonyl (C=O) groups excluding carboxylic acids is 4. The molecular formula is C24H26N2O7. The summed E-state index contributed by atoms with van der Waals surface area (Å²) in [5.74, 6) is -0.723. The van der Waals surface area contributed by atoms with Crippen molar-refractivity contribution in [1.29, 1.82) is 0 Å². The summed E-state index contributed by atoms with van der Waals surface area (Å²) in [5.41, 5.74) is 1.01. The summed E-state index contributed by atoms with van der Waals surface area (Å²) >= 11 is 0. The van der Waals surface area contributed by atoms with Gasteiger partial charge in [0.25, 0.3) is 17.7 Å². The molecule has 33 heavy (non-hydrogen) atoms. The van der Waals surface area contributed by atoms with Crippen molar-refractivity contribution in [2.24, 2.45) is 5.92 Å². The van der Waals surface area contributed by atoms with Crippen LogP contribution >= 0.6 is 0 Å². The van der Waals surface area contributed by atoms with E-state index in [2.05, 4.69) is 19.2 Å². The summed E-state index contributed by atoms with van der Waals surface area (Å²) < 4.78 is 16.1. The van der Waals surface area contributed by atoms with E-state index in [0.29, 0.717) is 29.7 Å². The molecule has 3 rings (SSSR count). The third-order valence-corrected chi connectivity index (χ3v) is 5.06. The van der Waals surface area contributed by atoms with Crippen LogP contribution in [-0.4, -0.2) is 56.0 Å². The molecule has 0 saturated heterocycles. The van der Waals surface area contributed by atoms with Crippen LogP contribution in [0.25, 0.3) is 0 Å². The van der Waals surface area contributed by atoms with E-state index in [1.807, 2.05) is 0 Å². The van der Waals surface area contributed by atoms with Crippen molar-refractivity contribution < 1.29 is 33.4 Å². The zero-order valence-electron chi connectivity index (χ0n) is 19.0. The Hall–Kier alpha value is -3.88. The third kappa shape index (κ3) is 5.49. The van der Waals surface area contributed by atoms with Crippen molar-refractivity contribution in [3.05, 3.63) is 53.1 Å². The molecule has 9 nitrogen and oxygen atoms in total. The lowest BCUT2D eigenvalue weighted by atomic mass is 10.1. The molecule has 2 aromatic carbocycles. The van der Waals surface area contributed by atoms with E-state index in [9.17, 15) is 19.2 Å². The van der Waals surface area contributed by atoms with Crippen molar-refractivity contribution in [1.82, 2.24) is 4.90 Å². The van der Waals surface area contributed by atoms with Gasteiger partial charge in [0.2, 0.25) is 0 Å². The fourth-order valence-corrected chi connectivity index (χ4v) is 3.17. The Bertz CT molecular complexity index is 1090. The van der Waals surface area contributed by atoms with Gasteiger partial charge < -0.3 is 19.5 Å². The van der Waals surface area contributed by atoms with E-state index in [4.69, 9.17) is 14.2 Å². The minimum absolute atomic E-state index is 0.208. The van der Waals surface area contributed by atoms with Gasteiger partial charge in [0.15, 0.2) is 18.1 Å². The smallest absolute Gasteiger partial charge is 0.338 e. The molecule has 0 fully saturated rings. The minimum Gasteiger partial charge on any atom is -0.493 e. The van der Waals surface area contributed by atoms with Gasteiger partial charge >= 0.3 is 5.97 Å². The first kappa shape index (κ1) is 23.8. The first-order chi connectivity index (χ1) is 15.7. The van der Waals surface area contributed by atoms with Crippen molar-refractivity contribution in [3.8, 4) is 11.5 Å². The molecule has 174 valence electrons. The van der Waals surface area contributed by atoms with Crippen LogP contribution in [0.2, 0.25) is 0 Å². The number of carbonyl (C=O) groups is 4. The van der Waals surface area contributed by atoms with Crippen LogP contribution in [0.1, 0.15) is 51.3 Å². The summed E-state index contributed by atoms with van der Waals surface area (Å²) in [5, 5.41) is 2.55. The Kier molecular flexibility index (Phi) is 7.32. The lowest BCUT2D eigenvalue weighted by Gasteiger charge is -2.13. The van der Waals surface area contributed by atoms with Crippen LogP contribution in [0, 0.1) is 5.92 Å². The second-order valence-corrected chi connectivity index (χ2v) is 7.95. The predicted octanol–water partition coefficient (Wildman–Crippen LogP) is 3.14. The van der Waals surface area contributed by atoms with Gasteiger partial charge in [0.1, 0.15) is 0 Å². The second-order valence-electron chi connectivity index (χ2n) is 7.95. The fourth-order valence-electron chi connectivity index (χ4n) is 3.17. The summed E-state index contributed by atoms with van der Waals surface area (Å²) in [6.45, 7) is 4.19. The van der Waals surface area contributed by atoms with E-state index in [0.717, 1.165) is 11.3 Å². The minimum atomic E-state index is -0.700. The van der Waals surface area contributed by atoms with Gasteiger partial charge in [0.05, 0.1) is 30.4 Å². The Balaban J connectivity index is 1.57. The predicted molar refractivity (Wildman–Crippen MR) is 120 cm³/mol. The summed E-state index contributed by atoms with van der Waals surface area (Å²) in [6, 6.07) is 9.04. The average Bonchev–Trinajstić information content (AvgIpc) is 3.01. The normalized spacial score (nSPS) is 12.6. The number of rotatable bonds is 9. The Morgan fingerprint density at radius 1 is 1.00 bits per heavy atom. The number of amides is 3. The number of nitrogens with zero attached hydrogens (tertiary/aromatic N) is 1. The maximum atomic E-state index is 12.4. The summed E-state index contributed by atoms with van der Waals surface area (Å²) in [7, 11) is 2.86. The number of esters is 1. The van der Waals surface area contributed by atoms with Gasteiger partial charge in [-0.1, -0.05) is 13.8 Å². The molecule has 0 radical (unpaired) electrons. The monoisotopic (exact) mass is 454 g/mol. The van der Waals surface area contributed by atoms with Crippen LogP contribution < -0.4 is 14.8 Å². The number of hydrogen-bond acceptors (Lipinski definition) is 7. The topological polar surface area (TPSA) is 111 Å². The molecule has 1 aliphatic heterocycles. The number of anilines is 1. The number of ether oxygens (including phenoxy) is 3. The number of imide groups is 1. The number of nitrogens with one attached hydrogen (secondary N) is 1. The number of benzene rings is 2. The van der Waals surface area contributed by atoms with Gasteiger partial charge in [-0.15, -0.1) is 0 Å². The van der Waals surface area contributed by atoms with Crippen molar-refractivity contribution in [2.75, 3.05) is 32.7 Å². The molecule has 0 unspecified atom stereocenters. The molecule has 0 spiro atoms. The Morgan fingerprint density at radius 2 is 1.73 bits per heavy atom. The van der Waals surface area contributed by atoms with Crippen LogP contribution in [0.3, 0.4) is 0 Å². The number of hydrogen-bond donors (Lipinski definition) is 1. The van der Waals surface area contributed by atoms with Gasteiger partial charge in [-0.25, -0.2) is 4.79 Å². The fraction of sp³-hybridized carbons (Fsp3) is 0.333. The van der Waals surface area contributed by atoms with Crippen LogP contribution in [-0.2, 0) is 9.53 Å². The molecule has 0 atom stereocenters. The lowest BCUT2D eigenvalue weighted by molar-refractivity contribution is -0.119. The van der Waals surface area contributed by atoms with E-state index in [1.54, 1.807) is 6.07 Å². The summed E-state index contributed by atoms with van der Waals surface area (Å²) in [4.78, 5) is 49.6. The molecule has 3 amide bonds. The highest BCUT2D eigenvalue weighted by atomic mass is 16.5. The van der Waals surface area contributed by atoms with E-state index >= 15 is 0 Å². The van der Waals surface area contributed by atoms with E-state index in [-0.39, 0.29) is 16.7 Å². The number of methoxy groups -OCH3 is 1. The van der Waals surface area contributed by atoms with Gasteiger partial charge in [-0.3, -0.25) is 19.3 Å². The quantitative estimate of drug-likeness (QED) is 0.458. The third-order valence-electron chi connectivity index (χ3n) is 5.06. The zero-order chi connectivity index (χ0) is 24.1. The molecule has 0 aliphatic carbocycles. The highest BCUT2D eigenvalue weighted by Gasteiger charge is 2.32. The molecule has 9 heteroatoms. The van der Waals surface area contributed by atoms with Crippen LogP contribution in [0.15, 0.2) is 36.4 Å². The largest absolute Gasteiger partial charge is 0.493 e. The van der Waals surface area contributed by atoms with Crippen molar-refractivity contribution in [3.63, 3.8) is 0 Å². The SMILES string of the molecule is COc1cc(C(=O)OCC(=O)Nc2ccc3c(c2)C(=O)N(C)C3=O)ccc1OCCC(C)C. The van der Waals surface area contributed by atoms with Crippen molar-refractivity contribution >= 4 is 29.4 Å². The average molecular weight is 454 g/mol. The van der Waals surface area contributed by atoms with Crippen molar-refractivity contribution in [2.45, 2.75) is 20.3 Å². The maximum absolute atomic E-state index is 12.4. The van der Waals surface area contributed by atoms with Gasteiger partial charge in [-0.05, 0) is 48.7 Å². The van der Waals surface area contributed by atoms with E-state index < -0.39 is 30.3 Å². The number of fused-ring (bicyclic) bond motifs is 1. The lowest BCUT2D eigenvalue weighted by Crippen LogP contribution is -2.24.